The fraction of sp³-hybridized carbons (Fsp3) is 0.519. The lowest BCUT2D eigenvalue weighted by atomic mass is 10.1. The van der Waals surface area contributed by atoms with Crippen molar-refractivity contribution in [3.05, 3.63) is 140 Å². The van der Waals surface area contributed by atoms with Gasteiger partial charge in [-0.15, -0.1) is 20.2 Å². The summed E-state index contributed by atoms with van der Waals surface area (Å²) < 4.78 is 109. The number of aliphatic hydroxyl groups excluding tert-OH is 1. The molecular weight excluding hydrogens is 1670 g/mol. The van der Waals surface area contributed by atoms with E-state index in [2.05, 4.69) is 34.7 Å². The summed E-state index contributed by atoms with van der Waals surface area (Å²) >= 11 is 0. The van der Waals surface area contributed by atoms with Crippen LogP contribution in [-0.4, -0.2) is 274 Å². The SMILES string of the molecule is CCCOc1ccc(S(=O)(=O)N2CCN(CCCO)CC2)cc1-c1nc2c(CCC)c(C=O)n(C)c2c(=O)[nH]1.CCCOc1ccc(S(=O)(=O)N2CCN(CCCO[N+](=O)[O-])CC2)cc1-c1nc2c(CCC)c(/C=N/O)n(C)c2c(=O)[nH]1.CCCOc1ccc(S(=O)(=O)N2CCN(CCCO[N+](=O)[O-])CC2)cc1-c1nc2c(CCC)c(C=O)n(C)c2c(=O)[nH]1. The summed E-state index contributed by atoms with van der Waals surface area (Å²) in [7, 11) is -6.62. The second-order valence-electron chi connectivity index (χ2n) is 30.0. The van der Waals surface area contributed by atoms with Gasteiger partial charge in [0.15, 0.2) is 12.6 Å². The highest BCUT2D eigenvalue weighted by molar-refractivity contribution is 7.89. The van der Waals surface area contributed by atoms with Crippen molar-refractivity contribution in [2.45, 2.75) is 133 Å². The standard InChI is InChI=1S/C27H37N7O8S.C27H36N6O8S.C27H37N5O6S/c1-4-7-20-22(18-28-36)31(3)25-24(20)29-26(30-27(25)35)21-17-19(8-9-23(21)41-15-5-2)43(39,40)33-13-11-32(12-14-33)10-6-16-42-34(37)38;1-4-7-20-22(18-34)30(3)25-24(20)28-26(29-27(25)35)21-17-19(8-9-23(21)40-15-5-2)42(38,39)32-13-11-31(12-14-32)10-6-16-41-33(36)37;1-4-7-20-22(18-34)30(3)25-24(20)28-26(29-27(25)35)21-17-19(8-9-23(21)38-16-5-2)39(36,37)32-13-11-31(12-14-32)10-6-15-33/h8-9,17-18,36H,4-7,10-16H2,1-3H3,(H,29,30,35);8-9,17-18H,4-7,10-16H2,1-3H3,(H,28,29,35);8-9,17-18,33H,4-7,10-16H2,1-3H3,(H,28,29,35)/b28-18+;;. The van der Waals surface area contributed by atoms with Crippen molar-refractivity contribution in [3.63, 3.8) is 0 Å². The van der Waals surface area contributed by atoms with Gasteiger partial charge in [-0.05, 0) is 112 Å². The highest BCUT2D eigenvalue weighted by Crippen LogP contribution is 2.38. The molecule has 124 heavy (non-hydrogen) atoms. The zero-order valence-electron chi connectivity index (χ0n) is 71.3. The number of hydrogen-bond acceptors (Lipinski definition) is 29. The highest BCUT2D eigenvalue weighted by Gasteiger charge is 2.35. The van der Waals surface area contributed by atoms with Crippen molar-refractivity contribution in [1.29, 1.82) is 0 Å². The second kappa shape index (κ2) is 43.6. The summed E-state index contributed by atoms with van der Waals surface area (Å²) in [6.45, 7) is 19.7. The van der Waals surface area contributed by atoms with E-state index in [1.807, 2.05) is 51.3 Å². The summed E-state index contributed by atoms with van der Waals surface area (Å²) in [5.74, 6) is 1.68. The van der Waals surface area contributed by atoms with Crippen LogP contribution >= 0.6 is 0 Å². The normalized spacial score (nSPS) is 15.0. The van der Waals surface area contributed by atoms with Crippen LogP contribution in [0.2, 0.25) is 0 Å². The van der Waals surface area contributed by atoms with Gasteiger partial charge in [0.2, 0.25) is 30.1 Å². The van der Waals surface area contributed by atoms with Gasteiger partial charge < -0.3 is 77.6 Å². The van der Waals surface area contributed by atoms with Gasteiger partial charge >= 0.3 is 0 Å². The van der Waals surface area contributed by atoms with Crippen LogP contribution in [-0.2, 0) is 80.2 Å². The number of benzene rings is 3. The Morgan fingerprint density at radius 2 is 0.734 bits per heavy atom. The van der Waals surface area contributed by atoms with E-state index in [-0.39, 0.29) is 83.7 Å². The zero-order valence-corrected chi connectivity index (χ0v) is 73.7. The minimum Gasteiger partial charge on any atom is -0.493 e. The third-order valence-corrected chi connectivity index (χ3v) is 27.3. The van der Waals surface area contributed by atoms with Crippen molar-refractivity contribution in [2.75, 3.05) is 138 Å². The van der Waals surface area contributed by atoms with E-state index in [4.69, 9.17) is 34.3 Å². The van der Waals surface area contributed by atoms with Gasteiger partial charge in [0.25, 0.3) is 26.9 Å². The quantitative estimate of drug-likeness (QED) is 0.00648. The van der Waals surface area contributed by atoms with Crippen LogP contribution < -0.4 is 30.9 Å². The smallest absolute Gasteiger partial charge is 0.294 e. The maximum Gasteiger partial charge on any atom is 0.294 e. The molecule has 3 fully saturated rings. The van der Waals surface area contributed by atoms with E-state index >= 15 is 0 Å². The average Bonchev–Trinajstić information content (AvgIpc) is 1.54. The number of nitrogens with zero attached hydrogens (tertiary/aromatic N) is 15. The topological polar surface area (TPSA) is 493 Å². The monoisotopic (exact) mass is 1780 g/mol. The number of carbonyl (C=O) groups excluding carboxylic acids is 2. The minimum atomic E-state index is -3.90. The average molecular weight is 1780 g/mol. The Balaban J connectivity index is 0.000000195. The molecule has 0 spiro atoms. The van der Waals surface area contributed by atoms with Gasteiger partial charge in [0, 0.05) is 143 Å². The maximum atomic E-state index is 13.7. The lowest BCUT2D eigenvalue weighted by Crippen LogP contribution is -2.48. The number of piperazine rings is 3. The number of aldehydes is 2. The van der Waals surface area contributed by atoms with Crippen molar-refractivity contribution in [2.24, 2.45) is 26.3 Å². The molecule has 3 saturated heterocycles. The van der Waals surface area contributed by atoms with Gasteiger partial charge in [0.1, 0.15) is 67.8 Å². The second-order valence-corrected chi connectivity index (χ2v) is 35.8. The molecule has 6 aromatic heterocycles. The number of oxime groups is 1. The molecule has 5 N–H and O–H groups in total. The minimum absolute atomic E-state index is 0.0119. The predicted octanol–water partition coefficient (Wildman–Crippen LogP) is 6.94. The molecule has 12 rings (SSSR count). The Morgan fingerprint density at radius 1 is 0.444 bits per heavy atom. The van der Waals surface area contributed by atoms with Gasteiger partial charge in [-0.1, -0.05) is 66.0 Å². The molecule has 43 heteroatoms. The Kier molecular flexibility index (Phi) is 33.5. The molecule has 3 aromatic carbocycles. The number of sulfonamides is 3. The highest BCUT2D eigenvalue weighted by atomic mass is 32.2. The van der Waals surface area contributed by atoms with Crippen LogP contribution in [0.15, 0.2) is 88.8 Å². The molecule has 9 aromatic rings. The summed E-state index contributed by atoms with van der Waals surface area (Å²) in [6, 6.07) is 13.7. The Morgan fingerprint density at radius 3 is 1.00 bits per heavy atom. The first-order valence-electron chi connectivity index (χ1n) is 41.6. The molecule has 0 unspecified atom stereocenters. The molecule has 0 radical (unpaired) electrons. The summed E-state index contributed by atoms with van der Waals surface area (Å²) in [5, 5.41) is 40.5. The third-order valence-electron chi connectivity index (χ3n) is 21.6. The molecule has 0 atom stereocenters. The van der Waals surface area contributed by atoms with E-state index in [0.29, 0.717) is 226 Å². The van der Waals surface area contributed by atoms with Crippen LogP contribution in [0.3, 0.4) is 0 Å². The molecule has 0 saturated carbocycles. The van der Waals surface area contributed by atoms with Crippen molar-refractivity contribution < 1.29 is 79.2 Å². The Labute approximate surface area is 717 Å². The molecular formula is C81H110N18O22S3. The van der Waals surface area contributed by atoms with Crippen LogP contribution in [0.25, 0.3) is 67.3 Å². The van der Waals surface area contributed by atoms with Crippen LogP contribution in [0.5, 0.6) is 17.2 Å². The van der Waals surface area contributed by atoms with Gasteiger partial charge in [-0.3, -0.25) is 24.0 Å². The number of nitrogens with one attached hydrogen (secondary N) is 3. The maximum absolute atomic E-state index is 13.7. The molecule has 3 aliphatic heterocycles. The first-order valence-corrected chi connectivity index (χ1v) is 45.9. The van der Waals surface area contributed by atoms with E-state index in [1.54, 1.807) is 48.5 Å². The third kappa shape index (κ3) is 21.9. The number of aromatic nitrogens is 9. The van der Waals surface area contributed by atoms with E-state index in [9.17, 15) is 74.7 Å². The number of fused-ring (bicyclic) bond motifs is 3. The lowest BCUT2D eigenvalue weighted by Gasteiger charge is -2.34. The van der Waals surface area contributed by atoms with Crippen molar-refractivity contribution in [1.82, 2.24) is 71.2 Å². The molecule has 0 bridgehead atoms. The predicted molar refractivity (Wildman–Crippen MR) is 462 cm³/mol. The van der Waals surface area contributed by atoms with E-state index in [1.165, 1.54) is 60.1 Å². The zero-order chi connectivity index (χ0) is 89.7. The van der Waals surface area contributed by atoms with Crippen LogP contribution in [0.4, 0.5) is 0 Å². The number of H-pyrrole nitrogens is 3. The fourth-order valence-electron chi connectivity index (χ4n) is 15.4. The first-order chi connectivity index (χ1) is 59.5. The number of rotatable bonds is 40. The molecule has 3 aliphatic rings. The number of aromatic amines is 3. The number of aliphatic hydroxyl groups is 1. The van der Waals surface area contributed by atoms with Gasteiger partial charge in [0.05, 0.1) is 87.7 Å². The molecule has 9 heterocycles. The van der Waals surface area contributed by atoms with E-state index in [0.717, 1.165) is 50.4 Å². The summed E-state index contributed by atoms with van der Waals surface area (Å²) in [5.41, 5.74) is 5.31. The number of aryl methyl sites for hydroxylation is 6. The fourth-order valence-corrected chi connectivity index (χ4v) is 19.8. The number of carbonyl (C=O) groups is 2. The largest absolute Gasteiger partial charge is 0.493 e. The van der Waals surface area contributed by atoms with Gasteiger partial charge in [-0.25, -0.2) is 40.2 Å². The Hall–Kier alpha value is -10.9. The molecule has 674 valence electrons. The molecule has 0 amide bonds. The van der Waals surface area contributed by atoms with Crippen molar-refractivity contribution in [3.8, 4) is 51.4 Å². The van der Waals surface area contributed by atoms with Crippen LogP contribution in [0, 0.1) is 20.2 Å². The number of ether oxygens (including phenoxy) is 3. The first kappa shape index (κ1) is 95.3. The summed E-state index contributed by atoms with van der Waals surface area (Å²) in [4.78, 5) is 122. The van der Waals surface area contributed by atoms with Crippen LogP contribution in [0.1, 0.15) is 143 Å². The lowest BCUT2D eigenvalue weighted by molar-refractivity contribution is -0.757. The summed E-state index contributed by atoms with van der Waals surface area (Å²) in [6.07, 6.45) is 10.4. The molecule has 0 aliphatic carbocycles. The van der Waals surface area contributed by atoms with Gasteiger partial charge in [-0.2, -0.15) is 12.9 Å². The number of hydrogen-bond donors (Lipinski definition) is 5. The van der Waals surface area contributed by atoms with E-state index < -0.39 is 56.9 Å². The van der Waals surface area contributed by atoms with Crippen molar-refractivity contribution >= 4 is 82.0 Å². The Bertz CT molecular complexity index is 5860. The molecule has 40 nitrogen and oxygen atoms in total.